The predicted octanol–water partition coefficient (Wildman–Crippen LogP) is -0.612. The van der Waals surface area contributed by atoms with Gasteiger partial charge in [0.15, 0.2) is 6.10 Å². The summed E-state index contributed by atoms with van der Waals surface area (Å²) < 4.78 is 36.4. The van der Waals surface area contributed by atoms with E-state index in [2.05, 4.69) is 0 Å². The number of carboxylic acid groups (broad SMARTS) is 1. The Morgan fingerprint density at radius 2 is 1.89 bits per heavy atom. The van der Waals surface area contributed by atoms with E-state index >= 15 is 0 Å². The van der Waals surface area contributed by atoms with Crippen molar-refractivity contribution in [1.29, 1.82) is 0 Å². The lowest BCUT2D eigenvalue weighted by Crippen LogP contribution is -2.46. The van der Waals surface area contributed by atoms with Gasteiger partial charge in [-0.1, -0.05) is 0 Å². The highest BCUT2D eigenvalue weighted by Crippen LogP contribution is 2.16. The lowest BCUT2D eigenvalue weighted by molar-refractivity contribution is -0.146. The first kappa shape index (κ1) is 17.4. The molecule has 0 fully saturated rings. The molecule has 1 atom stereocenters. The molecule has 0 heterocycles. The molecule has 4 N–H and O–H groups in total. The maximum absolute atomic E-state index is 12.1. The lowest BCUT2D eigenvalue weighted by atomic mass is 10.2. The van der Waals surface area contributed by atoms with E-state index in [1.54, 1.807) is 0 Å². The molecule has 0 saturated heterocycles. The number of halogens is 3. The maximum atomic E-state index is 12.1. The number of aliphatic carboxylic acids is 1. The van der Waals surface area contributed by atoms with Crippen molar-refractivity contribution in [3.05, 3.63) is 0 Å². The molecule has 0 bridgehead atoms. The highest BCUT2D eigenvalue weighted by molar-refractivity contribution is 5.74. The van der Waals surface area contributed by atoms with E-state index < -0.39 is 44.0 Å². The van der Waals surface area contributed by atoms with Gasteiger partial charge in [0.2, 0.25) is 0 Å². The standard InChI is InChI=1S/C9H15F3N2O5/c10-9(11,12)5-14(3-4-15)8(19)13-2-1-6(16)7(17)18/h6,15-16H,1-5H2,(H,13,19)(H,17,18)/t6-/m0/s1. The molecule has 0 aliphatic carbocycles. The fraction of sp³-hybridized carbons (Fsp3) is 0.778. The van der Waals surface area contributed by atoms with Crippen molar-refractivity contribution >= 4 is 12.0 Å². The first-order valence-corrected chi connectivity index (χ1v) is 5.28. The van der Waals surface area contributed by atoms with E-state index in [0.29, 0.717) is 4.90 Å². The number of hydrogen-bond acceptors (Lipinski definition) is 4. The van der Waals surface area contributed by atoms with E-state index in [1.807, 2.05) is 5.32 Å². The number of urea groups is 1. The third-order valence-corrected chi connectivity index (χ3v) is 2.01. The molecule has 0 unspecified atom stereocenters. The molecule has 0 aromatic carbocycles. The van der Waals surface area contributed by atoms with Crippen molar-refractivity contribution in [1.82, 2.24) is 10.2 Å². The van der Waals surface area contributed by atoms with Crippen LogP contribution in [0.5, 0.6) is 0 Å². The second-order valence-corrected chi connectivity index (χ2v) is 3.63. The van der Waals surface area contributed by atoms with Gasteiger partial charge in [-0.15, -0.1) is 0 Å². The highest BCUT2D eigenvalue weighted by atomic mass is 19.4. The van der Waals surface area contributed by atoms with Crippen LogP contribution >= 0.6 is 0 Å². The number of aliphatic hydroxyl groups excluding tert-OH is 2. The average Bonchev–Trinajstić information content (AvgIpc) is 2.26. The van der Waals surface area contributed by atoms with Gasteiger partial charge in [-0.05, 0) is 0 Å². The van der Waals surface area contributed by atoms with Gasteiger partial charge in [-0.3, -0.25) is 0 Å². The molecule has 2 amide bonds. The Labute approximate surface area is 106 Å². The van der Waals surface area contributed by atoms with Gasteiger partial charge in [0.1, 0.15) is 6.54 Å². The fourth-order valence-corrected chi connectivity index (χ4v) is 1.14. The molecule has 0 spiro atoms. The molecule has 0 aliphatic rings. The zero-order valence-electron chi connectivity index (χ0n) is 9.85. The quantitative estimate of drug-likeness (QED) is 0.499. The first-order valence-electron chi connectivity index (χ1n) is 5.28. The van der Waals surface area contributed by atoms with Crippen LogP contribution in [0.3, 0.4) is 0 Å². The van der Waals surface area contributed by atoms with Crippen LogP contribution in [0, 0.1) is 0 Å². The number of nitrogens with zero attached hydrogens (tertiary/aromatic N) is 1. The van der Waals surface area contributed by atoms with Gasteiger partial charge in [0, 0.05) is 19.5 Å². The van der Waals surface area contributed by atoms with Crippen LogP contribution in [0.1, 0.15) is 6.42 Å². The van der Waals surface area contributed by atoms with Crippen LogP contribution in [-0.4, -0.2) is 70.7 Å². The summed E-state index contributed by atoms with van der Waals surface area (Å²) in [6, 6.07) is -1.09. The Balaban J connectivity index is 4.22. The molecular formula is C9H15F3N2O5. The van der Waals surface area contributed by atoms with Crippen LogP contribution in [0.15, 0.2) is 0 Å². The molecule has 0 radical (unpaired) electrons. The third kappa shape index (κ3) is 8.21. The second-order valence-electron chi connectivity index (χ2n) is 3.63. The Kier molecular flexibility index (Phi) is 7.16. The lowest BCUT2D eigenvalue weighted by Gasteiger charge is -2.23. The summed E-state index contributed by atoms with van der Waals surface area (Å²) in [5.41, 5.74) is 0. The third-order valence-electron chi connectivity index (χ3n) is 2.01. The van der Waals surface area contributed by atoms with E-state index in [9.17, 15) is 22.8 Å². The molecule has 0 aliphatic heterocycles. The molecule has 0 saturated carbocycles. The minimum absolute atomic E-state index is 0.300. The molecule has 0 aromatic rings. The van der Waals surface area contributed by atoms with E-state index in [-0.39, 0.29) is 13.0 Å². The predicted molar refractivity (Wildman–Crippen MR) is 56.4 cm³/mol. The molecule has 19 heavy (non-hydrogen) atoms. The number of aliphatic hydroxyl groups is 2. The Bertz CT molecular complexity index is 311. The van der Waals surface area contributed by atoms with Gasteiger partial charge >= 0.3 is 18.2 Å². The van der Waals surface area contributed by atoms with Gasteiger partial charge in [-0.25, -0.2) is 9.59 Å². The molecular weight excluding hydrogens is 273 g/mol. The summed E-state index contributed by atoms with van der Waals surface area (Å²) in [7, 11) is 0. The summed E-state index contributed by atoms with van der Waals surface area (Å²) in [6.45, 7) is -2.97. The fourth-order valence-electron chi connectivity index (χ4n) is 1.14. The van der Waals surface area contributed by atoms with Crippen molar-refractivity contribution in [2.75, 3.05) is 26.2 Å². The van der Waals surface area contributed by atoms with Crippen LogP contribution in [0.2, 0.25) is 0 Å². The van der Waals surface area contributed by atoms with Crippen LogP contribution in [0.25, 0.3) is 0 Å². The largest absolute Gasteiger partial charge is 0.479 e. The molecule has 112 valence electrons. The van der Waals surface area contributed by atoms with Gasteiger partial charge in [0.25, 0.3) is 0 Å². The van der Waals surface area contributed by atoms with Gasteiger partial charge < -0.3 is 25.5 Å². The normalized spacial score (nSPS) is 12.9. The summed E-state index contributed by atoms with van der Waals surface area (Å²) in [5, 5.41) is 27.8. The number of carbonyl (C=O) groups is 2. The topological polar surface area (TPSA) is 110 Å². The van der Waals surface area contributed by atoms with E-state index in [1.165, 1.54) is 0 Å². The summed E-state index contributed by atoms with van der Waals surface area (Å²) in [4.78, 5) is 21.9. The summed E-state index contributed by atoms with van der Waals surface area (Å²) in [5.74, 6) is -1.49. The van der Waals surface area contributed by atoms with Crippen LogP contribution in [-0.2, 0) is 4.79 Å². The SMILES string of the molecule is O=C(O)[C@@H](O)CCNC(=O)N(CCO)CC(F)(F)F. The molecule has 0 aromatic heterocycles. The monoisotopic (exact) mass is 288 g/mol. The molecule has 7 nitrogen and oxygen atoms in total. The van der Waals surface area contributed by atoms with Crippen LogP contribution < -0.4 is 5.32 Å². The van der Waals surface area contributed by atoms with Crippen molar-refractivity contribution in [3.63, 3.8) is 0 Å². The Morgan fingerprint density at radius 1 is 1.32 bits per heavy atom. The number of alkyl halides is 3. The number of nitrogens with one attached hydrogen (secondary N) is 1. The van der Waals surface area contributed by atoms with Crippen molar-refractivity contribution < 1.29 is 38.1 Å². The van der Waals surface area contributed by atoms with Crippen molar-refractivity contribution in [2.24, 2.45) is 0 Å². The summed E-state index contributed by atoms with van der Waals surface area (Å²) in [6.07, 6.45) is -6.64. The summed E-state index contributed by atoms with van der Waals surface area (Å²) >= 11 is 0. The van der Waals surface area contributed by atoms with Gasteiger partial charge in [-0.2, -0.15) is 13.2 Å². The smallest absolute Gasteiger partial charge is 0.406 e. The average molecular weight is 288 g/mol. The van der Waals surface area contributed by atoms with Crippen LogP contribution in [0.4, 0.5) is 18.0 Å². The number of rotatable bonds is 7. The zero-order chi connectivity index (χ0) is 15.1. The maximum Gasteiger partial charge on any atom is 0.406 e. The number of amides is 2. The minimum atomic E-state index is -4.60. The van der Waals surface area contributed by atoms with E-state index in [4.69, 9.17) is 15.3 Å². The number of carboxylic acids is 1. The molecule has 0 rings (SSSR count). The number of carbonyl (C=O) groups excluding carboxylic acids is 1. The Morgan fingerprint density at radius 3 is 2.32 bits per heavy atom. The van der Waals surface area contributed by atoms with Crippen molar-refractivity contribution in [2.45, 2.75) is 18.7 Å². The second kappa shape index (κ2) is 7.79. The van der Waals surface area contributed by atoms with Crippen molar-refractivity contribution in [3.8, 4) is 0 Å². The highest BCUT2D eigenvalue weighted by Gasteiger charge is 2.32. The van der Waals surface area contributed by atoms with Gasteiger partial charge in [0.05, 0.1) is 6.61 Å². The number of hydrogen-bond donors (Lipinski definition) is 4. The molecule has 10 heteroatoms. The minimum Gasteiger partial charge on any atom is -0.479 e. The Hall–Kier alpha value is -1.55. The first-order chi connectivity index (χ1) is 8.67. The zero-order valence-corrected chi connectivity index (χ0v) is 9.85. The van der Waals surface area contributed by atoms with E-state index in [0.717, 1.165) is 0 Å².